The highest BCUT2D eigenvalue weighted by Crippen LogP contribution is 2.39. The molecule has 0 amide bonds. The number of hydrogen-bond acceptors (Lipinski definition) is 8. The Bertz CT molecular complexity index is 1500. The Labute approximate surface area is 219 Å². The second kappa shape index (κ2) is 9.16. The first-order valence-electron chi connectivity index (χ1n) is 12.2. The number of thiazole rings is 1. The van der Waals surface area contributed by atoms with Gasteiger partial charge < -0.3 is 14.5 Å². The minimum absolute atomic E-state index is 0.0378. The van der Waals surface area contributed by atoms with Gasteiger partial charge in [0.2, 0.25) is 5.95 Å². The van der Waals surface area contributed by atoms with Crippen molar-refractivity contribution in [3.63, 3.8) is 0 Å². The van der Waals surface area contributed by atoms with Crippen molar-refractivity contribution in [3.8, 4) is 11.3 Å². The quantitative estimate of drug-likeness (QED) is 0.307. The summed E-state index contributed by atoms with van der Waals surface area (Å²) in [5, 5.41) is 5.10. The number of hydrogen-bond donors (Lipinski definition) is 0. The van der Waals surface area contributed by atoms with E-state index < -0.39 is 17.6 Å². The van der Waals surface area contributed by atoms with E-state index in [0.29, 0.717) is 46.6 Å². The van der Waals surface area contributed by atoms with Gasteiger partial charge in [0.25, 0.3) is 0 Å². The lowest BCUT2D eigenvalue weighted by atomic mass is 10.1. The summed E-state index contributed by atoms with van der Waals surface area (Å²) >= 11 is 1.26. The maximum absolute atomic E-state index is 15.1. The highest BCUT2D eigenvalue weighted by molar-refractivity contribution is 7.22. The lowest BCUT2D eigenvalue weighted by molar-refractivity contribution is -0.137. The molecule has 2 atom stereocenters. The van der Waals surface area contributed by atoms with Crippen LogP contribution in [0, 0.1) is 5.82 Å². The molecule has 6 rings (SSSR count). The molecule has 13 heteroatoms. The molecule has 0 unspecified atom stereocenters. The highest BCUT2D eigenvalue weighted by Gasteiger charge is 2.33. The van der Waals surface area contributed by atoms with E-state index in [1.54, 1.807) is 4.90 Å². The Kier molecular flexibility index (Phi) is 6.02. The van der Waals surface area contributed by atoms with Crippen LogP contribution in [0.1, 0.15) is 43.0 Å². The number of ether oxygens (including phenoxy) is 1. The van der Waals surface area contributed by atoms with Crippen LogP contribution in [0.15, 0.2) is 30.6 Å². The van der Waals surface area contributed by atoms with Gasteiger partial charge in [0, 0.05) is 38.0 Å². The van der Waals surface area contributed by atoms with Gasteiger partial charge in [-0.25, -0.2) is 9.37 Å². The summed E-state index contributed by atoms with van der Waals surface area (Å²) in [5.74, 6) is -0.691. The van der Waals surface area contributed by atoms with Gasteiger partial charge in [0.05, 0.1) is 36.1 Å². The molecule has 1 aliphatic carbocycles. The average Bonchev–Trinajstić information content (AvgIpc) is 3.42. The Morgan fingerprint density at radius 1 is 1.11 bits per heavy atom. The van der Waals surface area contributed by atoms with E-state index in [1.165, 1.54) is 11.3 Å². The lowest BCUT2D eigenvalue weighted by Gasteiger charge is -2.36. The predicted octanol–water partition coefficient (Wildman–Crippen LogP) is 5.48. The number of halogens is 4. The molecule has 0 spiro atoms. The molecule has 0 bridgehead atoms. The Balaban J connectivity index is 1.41. The average molecular weight is 548 g/mol. The topological polar surface area (TPSA) is 72.2 Å². The van der Waals surface area contributed by atoms with E-state index in [0.717, 1.165) is 30.5 Å². The van der Waals surface area contributed by atoms with Crippen molar-refractivity contribution < 1.29 is 22.3 Å². The number of benzene rings is 1. The second-order valence-electron chi connectivity index (χ2n) is 9.93. The van der Waals surface area contributed by atoms with E-state index in [4.69, 9.17) is 9.72 Å². The minimum atomic E-state index is -4.65. The Morgan fingerprint density at radius 3 is 2.58 bits per heavy atom. The van der Waals surface area contributed by atoms with Crippen molar-refractivity contribution >= 4 is 32.8 Å². The van der Waals surface area contributed by atoms with Crippen molar-refractivity contribution in [3.05, 3.63) is 47.5 Å². The maximum Gasteiger partial charge on any atom is 0.416 e. The van der Waals surface area contributed by atoms with Crippen molar-refractivity contribution in [1.29, 1.82) is 0 Å². The number of anilines is 2. The maximum atomic E-state index is 15.1. The van der Waals surface area contributed by atoms with Crippen LogP contribution >= 0.6 is 11.3 Å². The van der Waals surface area contributed by atoms with Crippen molar-refractivity contribution in [2.24, 2.45) is 0 Å². The summed E-state index contributed by atoms with van der Waals surface area (Å²) in [6, 6.07) is 2.93. The molecule has 1 aromatic carbocycles. The van der Waals surface area contributed by atoms with Crippen LogP contribution in [0.4, 0.5) is 28.6 Å². The molecule has 2 aliphatic rings. The zero-order valence-corrected chi connectivity index (χ0v) is 21.7. The highest BCUT2D eigenvalue weighted by atomic mass is 32.1. The standard InChI is InChI=1S/C25H25F4N7OS/c1-13-10-35(12-19(37-13)14-9-30-36(11-14)16-5-6-16)23-31-20(21-22(32-23)33-24(38-21)34(2)3)17-7-4-15(8-18(17)26)25(27,28)29/h4,7-9,11,13,16,19H,5-6,10,12H2,1-3H3/t13-,19-/m0/s1. The number of fused-ring (bicyclic) bond motifs is 1. The Hall–Kier alpha value is -3.32. The van der Waals surface area contributed by atoms with Gasteiger partial charge >= 0.3 is 6.18 Å². The molecule has 38 heavy (non-hydrogen) atoms. The molecular weight excluding hydrogens is 522 g/mol. The van der Waals surface area contributed by atoms with Crippen molar-refractivity contribution in [1.82, 2.24) is 24.7 Å². The largest absolute Gasteiger partial charge is 0.416 e. The van der Waals surface area contributed by atoms with E-state index in [-0.39, 0.29) is 23.5 Å². The predicted molar refractivity (Wildman–Crippen MR) is 136 cm³/mol. The van der Waals surface area contributed by atoms with Gasteiger partial charge in [-0.05, 0) is 38.0 Å². The summed E-state index contributed by atoms with van der Waals surface area (Å²) in [6.07, 6.45) is 0.983. The van der Waals surface area contributed by atoms with Gasteiger partial charge in [-0.3, -0.25) is 4.68 Å². The van der Waals surface area contributed by atoms with Gasteiger partial charge in [0.15, 0.2) is 10.8 Å². The molecule has 1 saturated heterocycles. The molecule has 4 heterocycles. The fraction of sp³-hybridized carbons (Fsp3) is 0.440. The third-order valence-electron chi connectivity index (χ3n) is 6.62. The van der Waals surface area contributed by atoms with Gasteiger partial charge in [-0.2, -0.15) is 28.2 Å². The van der Waals surface area contributed by atoms with Crippen LogP contribution in [0.3, 0.4) is 0 Å². The SMILES string of the molecule is C[C@H]1CN(c2nc(-c3ccc(C(F)(F)F)cc3F)c3sc(N(C)C)nc3n2)C[C@@H](c2cnn(C3CC3)c2)O1. The van der Waals surface area contributed by atoms with Crippen LogP contribution < -0.4 is 9.80 Å². The first-order valence-corrected chi connectivity index (χ1v) is 13.1. The molecule has 0 N–H and O–H groups in total. The normalized spacial score (nSPS) is 20.3. The lowest BCUT2D eigenvalue weighted by Crippen LogP contribution is -2.43. The second-order valence-corrected chi connectivity index (χ2v) is 10.9. The van der Waals surface area contributed by atoms with Crippen molar-refractivity contribution in [2.45, 2.75) is 44.2 Å². The number of rotatable bonds is 5. The zero-order chi connectivity index (χ0) is 26.8. The fourth-order valence-electron chi connectivity index (χ4n) is 4.56. The molecule has 0 radical (unpaired) electrons. The third-order valence-corrected chi connectivity index (χ3v) is 7.84. The summed E-state index contributed by atoms with van der Waals surface area (Å²) in [6.45, 7) is 2.87. The van der Waals surface area contributed by atoms with Crippen LogP contribution in [-0.2, 0) is 10.9 Å². The molecule has 8 nitrogen and oxygen atoms in total. The summed E-state index contributed by atoms with van der Waals surface area (Å²) in [4.78, 5) is 17.7. The molecule has 200 valence electrons. The first kappa shape index (κ1) is 25.0. The first-order chi connectivity index (χ1) is 18.1. The molecule has 2 fully saturated rings. The van der Waals surface area contributed by atoms with E-state index in [2.05, 4.69) is 15.1 Å². The zero-order valence-electron chi connectivity index (χ0n) is 20.9. The number of morpholine rings is 1. The molecular formula is C25H25F4N7OS. The Morgan fingerprint density at radius 2 is 1.89 bits per heavy atom. The summed E-state index contributed by atoms with van der Waals surface area (Å²) in [7, 11) is 3.64. The molecule has 1 saturated carbocycles. The van der Waals surface area contributed by atoms with Gasteiger partial charge in [0.1, 0.15) is 16.6 Å². The number of nitrogens with zero attached hydrogens (tertiary/aromatic N) is 7. The summed E-state index contributed by atoms with van der Waals surface area (Å²) in [5.41, 5.74) is 0.421. The fourth-order valence-corrected chi connectivity index (χ4v) is 5.49. The van der Waals surface area contributed by atoms with Crippen LogP contribution in [-0.4, -0.2) is 58.0 Å². The molecule has 3 aromatic heterocycles. The number of aromatic nitrogens is 5. The van der Waals surface area contributed by atoms with E-state index >= 15 is 4.39 Å². The van der Waals surface area contributed by atoms with Crippen LogP contribution in [0.5, 0.6) is 0 Å². The van der Waals surface area contributed by atoms with Crippen molar-refractivity contribution in [2.75, 3.05) is 37.0 Å². The minimum Gasteiger partial charge on any atom is -0.367 e. The van der Waals surface area contributed by atoms with Crippen LogP contribution in [0.2, 0.25) is 0 Å². The smallest absolute Gasteiger partial charge is 0.367 e. The van der Waals surface area contributed by atoms with E-state index in [1.807, 2.05) is 43.0 Å². The molecule has 1 aliphatic heterocycles. The van der Waals surface area contributed by atoms with Gasteiger partial charge in [-0.15, -0.1) is 0 Å². The monoisotopic (exact) mass is 547 g/mol. The third kappa shape index (κ3) is 4.68. The molecule has 4 aromatic rings. The van der Waals surface area contributed by atoms with Crippen LogP contribution in [0.25, 0.3) is 21.6 Å². The summed E-state index contributed by atoms with van der Waals surface area (Å²) < 4.78 is 63.3. The van der Waals surface area contributed by atoms with E-state index in [9.17, 15) is 13.2 Å². The number of alkyl halides is 3. The van der Waals surface area contributed by atoms with Gasteiger partial charge in [-0.1, -0.05) is 11.3 Å².